The molecule has 4 heteroatoms. The summed E-state index contributed by atoms with van der Waals surface area (Å²) in [7, 11) is 1.68. The molecule has 1 aliphatic heterocycles. The molecule has 1 N–H and O–H groups in total. The van der Waals surface area contributed by atoms with E-state index < -0.39 is 0 Å². The summed E-state index contributed by atoms with van der Waals surface area (Å²) in [6, 6.07) is 16.7. The smallest absolute Gasteiger partial charge is 0.251 e. The molecule has 24 heavy (non-hydrogen) atoms. The lowest BCUT2D eigenvalue weighted by molar-refractivity contribution is 0.0962. The van der Waals surface area contributed by atoms with Gasteiger partial charge in [0.15, 0.2) is 0 Å². The number of nitrogens with zero attached hydrogens (tertiary/aromatic N) is 1. The fraction of sp³-hybridized carbons (Fsp3) is 0.350. The Morgan fingerprint density at radius 2 is 1.75 bits per heavy atom. The second-order valence-electron chi connectivity index (χ2n) is 6.08. The van der Waals surface area contributed by atoms with Crippen molar-refractivity contribution in [3.05, 3.63) is 65.2 Å². The third kappa shape index (κ3) is 3.59. The van der Waals surface area contributed by atoms with Crippen LogP contribution in [0.25, 0.3) is 0 Å². The van der Waals surface area contributed by atoms with Gasteiger partial charge in [-0.25, -0.2) is 0 Å². The predicted octanol–water partition coefficient (Wildman–Crippen LogP) is 3.75. The van der Waals surface area contributed by atoms with Crippen LogP contribution in [0.5, 0.6) is 0 Å². The minimum Gasteiger partial charge on any atom is -0.370 e. The van der Waals surface area contributed by atoms with Gasteiger partial charge in [-0.05, 0) is 29.3 Å². The largest absolute Gasteiger partial charge is 0.370 e. The maximum absolute atomic E-state index is 12.1. The van der Waals surface area contributed by atoms with Crippen molar-refractivity contribution in [3.63, 3.8) is 0 Å². The van der Waals surface area contributed by atoms with Crippen LogP contribution in [-0.2, 0) is 0 Å². The number of hydrogen-bond acceptors (Lipinski definition) is 3. The van der Waals surface area contributed by atoms with Gasteiger partial charge in [0.2, 0.25) is 0 Å². The Labute approximate surface area is 148 Å². The third-order valence-corrected chi connectivity index (χ3v) is 5.61. The molecule has 0 aliphatic carbocycles. The quantitative estimate of drug-likeness (QED) is 0.920. The van der Waals surface area contributed by atoms with Gasteiger partial charge in [-0.3, -0.25) is 4.79 Å². The summed E-state index contributed by atoms with van der Waals surface area (Å²) < 4.78 is 0. The van der Waals surface area contributed by atoms with Crippen LogP contribution in [0.1, 0.15) is 34.3 Å². The summed E-state index contributed by atoms with van der Waals surface area (Å²) in [5.41, 5.74) is 4.36. The molecule has 3 rings (SSSR count). The zero-order valence-corrected chi connectivity index (χ0v) is 15.1. The molecule has 1 aliphatic rings. The van der Waals surface area contributed by atoms with Gasteiger partial charge >= 0.3 is 0 Å². The lowest BCUT2D eigenvalue weighted by Crippen LogP contribution is -2.32. The second kappa shape index (κ2) is 7.75. The molecule has 0 bridgehead atoms. The van der Waals surface area contributed by atoms with Crippen LogP contribution in [-0.4, -0.2) is 37.6 Å². The highest BCUT2D eigenvalue weighted by atomic mass is 32.2. The fourth-order valence-electron chi connectivity index (χ4n) is 3.19. The molecule has 1 heterocycles. The number of carbonyl (C=O) groups is 1. The Bertz CT molecular complexity index is 693. The monoisotopic (exact) mass is 340 g/mol. The molecule has 0 aromatic heterocycles. The van der Waals surface area contributed by atoms with Crippen LogP contribution in [0.2, 0.25) is 0 Å². The first-order chi connectivity index (χ1) is 11.7. The number of amides is 1. The minimum absolute atomic E-state index is 0.0279. The first-order valence-electron chi connectivity index (χ1n) is 8.44. The highest BCUT2D eigenvalue weighted by Crippen LogP contribution is 2.29. The summed E-state index contributed by atoms with van der Waals surface area (Å²) in [5, 5.41) is 2.73. The topological polar surface area (TPSA) is 32.3 Å². The summed E-state index contributed by atoms with van der Waals surface area (Å²) in [5.74, 6) is 2.57. The van der Waals surface area contributed by atoms with Crippen molar-refractivity contribution < 1.29 is 4.79 Å². The normalized spacial score (nSPS) is 15.8. The summed E-state index contributed by atoms with van der Waals surface area (Å²) in [4.78, 5) is 14.6. The molecule has 1 amide bonds. The summed E-state index contributed by atoms with van der Waals surface area (Å²) in [6.07, 6.45) is 0. The van der Waals surface area contributed by atoms with Crippen LogP contribution < -0.4 is 10.2 Å². The van der Waals surface area contributed by atoms with E-state index in [1.54, 1.807) is 7.05 Å². The van der Waals surface area contributed by atoms with Crippen LogP contribution in [0.3, 0.4) is 0 Å². The van der Waals surface area contributed by atoms with Gasteiger partial charge in [-0.1, -0.05) is 37.3 Å². The van der Waals surface area contributed by atoms with E-state index in [2.05, 4.69) is 41.4 Å². The SMILES string of the molecule is CNC(=O)c1ccccc1C(C)c1ccc(N2CCSCC2)cc1. The van der Waals surface area contributed by atoms with E-state index in [0.717, 1.165) is 24.2 Å². The van der Waals surface area contributed by atoms with Crippen LogP contribution in [0.4, 0.5) is 5.69 Å². The zero-order chi connectivity index (χ0) is 16.9. The number of hydrogen-bond donors (Lipinski definition) is 1. The molecule has 1 fully saturated rings. The van der Waals surface area contributed by atoms with Crippen molar-refractivity contribution in [2.45, 2.75) is 12.8 Å². The van der Waals surface area contributed by atoms with E-state index in [1.807, 2.05) is 36.0 Å². The minimum atomic E-state index is -0.0279. The molecule has 0 radical (unpaired) electrons. The standard InChI is InChI=1S/C20H24N2OS/c1-15(18-5-3-4-6-19(18)20(23)21-2)16-7-9-17(10-8-16)22-11-13-24-14-12-22/h3-10,15H,11-14H2,1-2H3,(H,21,23). The van der Waals surface area contributed by atoms with Crippen molar-refractivity contribution in [2.75, 3.05) is 36.5 Å². The summed E-state index contributed by atoms with van der Waals surface area (Å²) >= 11 is 2.03. The van der Waals surface area contributed by atoms with E-state index >= 15 is 0 Å². The van der Waals surface area contributed by atoms with Gasteiger partial charge in [0, 0.05) is 48.8 Å². The van der Waals surface area contributed by atoms with Crippen molar-refractivity contribution in [3.8, 4) is 0 Å². The Morgan fingerprint density at radius 1 is 1.08 bits per heavy atom. The molecular weight excluding hydrogens is 316 g/mol. The number of benzene rings is 2. The van der Waals surface area contributed by atoms with E-state index in [9.17, 15) is 4.79 Å². The molecule has 0 saturated carbocycles. The van der Waals surface area contributed by atoms with E-state index in [4.69, 9.17) is 0 Å². The van der Waals surface area contributed by atoms with Crippen molar-refractivity contribution >= 4 is 23.4 Å². The zero-order valence-electron chi connectivity index (χ0n) is 14.3. The lowest BCUT2D eigenvalue weighted by Gasteiger charge is -2.28. The number of anilines is 1. The van der Waals surface area contributed by atoms with Crippen LogP contribution in [0.15, 0.2) is 48.5 Å². The Morgan fingerprint density at radius 3 is 2.42 bits per heavy atom. The van der Waals surface area contributed by atoms with Gasteiger partial charge in [0.25, 0.3) is 5.91 Å². The van der Waals surface area contributed by atoms with Gasteiger partial charge in [0.05, 0.1) is 0 Å². The van der Waals surface area contributed by atoms with Crippen LogP contribution >= 0.6 is 11.8 Å². The van der Waals surface area contributed by atoms with Gasteiger partial charge in [0.1, 0.15) is 0 Å². The first-order valence-corrected chi connectivity index (χ1v) is 9.60. The van der Waals surface area contributed by atoms with Gasteiger partial charge in [-0.2, -0.15) is 11.8 Å². The molecule has 3 nitrogen and oxygen atoms in total. The predicted molar refractivity (Wildman–Crippen MR) is 103 cm³/mol. The van der Waals surface area contributed by atoms with Gasteiger partial charge < -0.3 is 10.2 Å². The molecule has 2 aromatic carbocycles. The Kier molecular flexibility index (Phi) is 5.46. The fourth-order valence-corrected chi connectivity index (χ4v) is 4.09. The van der Waals surface area contributed by atoms with E-state index in [0.29, 0.717) is 0 Å². The third-order valence-electron chi connectivity index (χ3n) is 4.67. The molecule has 1 saturated heterocycles. The molecule has 2 aromatic rings. The maximum atomic E-state index is 12.1. The molecule has 0 spiro atoms. The molecular formula is C20H24N2OS. The lowest BCUT2D eigenvalue weighted by atomic mass is 9.89. The molecule has 126 valence electrons. The van der Waals surface area contributed by atoms with Gasteiger partial charge in [-0.15, -0.1) is 0 Å². The van der Waals surface area contributed by atoms with Crippen LogP contribution in [0, 0.1) is 0 Å². The first kappa shape index (κ1) is 16.9. The molecule has 1 unspecified atom stereocenters. The molecule has 1 atom stereocenters. The highest BCUT2D eigenvalue weighted by molar-refractivity contribution is 7.99. The number of carbonyl (C=O) groups excluding carboxylic acids is 1. The summed E-state index contributed by atoms with van der Waals surface area (Å²) in [6.45, 7) is 4.41. The second-order valence-corrected chi connectivity index (χ2v) is 7.30. The van der Waals surface area contributed by atoms with Crippen molar-refractivity contribution in [1.82, 2.24) is 5.32 Å². The number of thioether (sulfide) groups is 1. The average molecular weight is 340 g/mol. The van der Waals surface area contributed by atoms with E-state index in [1.165, 1.54) is 22.8 Å². The Balaban J connectivity index is 1.83. The highest BCUT2D eigenvalue weighted by Gasteiger charge is 2.17. The number of rotatable bonds is 4. The number of nitrogens with one attached hydrogen (secondary N) is 1. The average Bonchev–Trinajstić information content (AvgIpc) is 2.67. The van der Waals surface area contributed by atoms with Crippen molar-refractivity contribution in [2.24, 2.45) is 0 Å². The van der Waals surface area contributed by atoms with E-state index in [-0.39, 0.29) is 11.8 Å². The van der Waals surface area contributed by atoms with Crippen molar-refractivity contribution in [1.29, 1.82) is 0 Å². The Hall–Kier alpha value is -1.94. The maximum Gasteiger partial charge on any atom is 0.251 e.